The summed E-state index contributed by atoms with van der Waals surface area (Å²) in [5.41, 5.74) is 1.23. The average molecular weight is 351 g/mol. The molecule has 0 atom stereocenters. The zero-order valence-corrected chi connectivity index (χ0v) is 12.7. The van der Waals surface area contributed by atoms with Gasteiger partial charge in [0.25, 0.3) is 5.56 Å². The topological polar surface area (TPSA) is 77.2 Å². The van der Waals surface area contributed by atoms with Crippen molar-refractivity contribution in [1.29, 1.82) is 0 Å². The smallest absolute Gasteiger partial charge is 0.406 e. The van der Waals surface area contributed by atoms with E-state index in [1.54, 1.807) is 18.2 Å². The molecule has 0 fully saturated rings. The molecule has 9 heteroatoms. The molecule has 25 heavy (non-hydrogen) atoms. The second-order valence-electron chi connectivity index (χ2n) is 5.15. The van der Waals surface area contributed by atoms with Gasteiger partial charge in [-0.05, 0) is 35.4 Å². The fraction of sp³-hybridized carbons (Fsp3) is 0.188. The van der Waals surface area contributed by atoms with Gasteiger partial charge in [-0.15, -0.1) is 18.3 Å². The average Bonchev–Trinajstić information content (AvgIpc) is 2.57. The van der Waals surface area contributed by atoms with Crippen molar-refractivity contribution in [3.8, 4) is 16.9 Å². The summed E-state index contributed by atoms with van der Waals surface area (Å²) in [6, 6.07) is 10.2. The quantitative estimate of drug-likeness (QED) is 0.781. The zero-order chi connectivity index (χ0) is 18.0. The molecule has 0 bridgehead atoms. The Morgan fingerprint density at radius 1 is 1.08 bits per heavy atom. The van der Waals surface area contributed by atoms with E-state index in [0.29, 0.717) is 22.0 Å². The molecule has 2 aromatic carbocycles. The van der Waals surface area contributed by atoms with Crippen molar-refractivity contribution in [2.45, 2.75) is 12.9 Å². The number of hydrogen-bond acceptors (Lipinski definition) is 5. The highest BCUT2D eigenvalue weighted by atomic mass is 19.4. The molecule has 0 saturated heterocycles. The van der Waals surface area contributed by atoms with Gasteiger partial charge in [0.15, 0.2) is 0 Å². The lowest BCUT2D eigenvalue weighted by Crippen LogP contribution is -2.25. The molecule has 1 N–H and O–H groups in total. The number of aliphatic hydroxyl groups is 1. The van der Waals surface area contributed by atoms with Crippen LogP contribution in [-0.4, -0.2) is 33.1 Å². The Morgan fingerprint density at radius 2 is 1.76 bits per heavy atom. The Kier molecular flexibility index (Phi) is 4.41. The van der Waals surface area contributed by atoms with Crippen molar-refractivity contribution < 1.29 is 23.0 Å². The Hall–Kier alpha value is -2.94. The standard InChI is InChI=1S/C16H12F3N3O3/c17-16(18,19)25-12-4-1-10(2-5-12)11-3-6-14-13(9-11)15(24)22(7-8-23)21-20-14/h1-6,9,23H,7-8H2. The summed E-state index contributed by atoms with van der Waals surface area (Å²) in [6.07, 6.45) is -4.75. The van der Waals surface area contributed by atoms with Crippen molar-refractivity contribution in [3.05, 3.63) is 52.8 Å². The number of halogens is 3. The Labute approximate surface area is 139 Å². The highest BCUT2D eigenvalue weighted by Crippen LogP contribution is 2.27. The number of aromatic nitrogens is 3. The Bertz CT molecular complexity index is 953. The number of aliphatic hydroxyl groups excluding tert-OH is 1. The molecule has 3 rings (SSSR count). The lowest BCUT2D eigenvalue weighted by atomic mass is 10.0. The van der Waals surface area contributed by atoms with E-state index >= 15 is 0 Å². The van der Waals surface area contributed by atoms with Gasteiger partial charge in [-0.1, -0.05) is 23.4 Å². The van der Waals surface area contributed by atoms with Crippen LogP contribution < -0.4 is 10.3 Å². The van der Waals surface area contributed by atoms with Crippen LogP contribution in [0.3, 0.4) is 0 Å². The lowest BCUT2D eigenvalue weighted by molar-refractivity contribution is -0.274. The fourth-order valence-corrected chi connectivity index (χ4v) is 2.35. The number of fused-ring (bicyclic) bond motifs is 1. The first-order valence-electron chi connectivity index (χ1n) is 7.22. The van der Waals surface area contributed by atoms with Crippen LogP contribution in [0.1, 0.15) is 0 Å². The van der Waals surface area contributed by atoms with Crippen LogP contribution in [0.2, 0.25) is 0 Å². The molecule has 3 aromatic rings. The highest BCUT2D eigenvalue weighted by Gasteiger charge is 2.30. The molecule has 6 nitrogen and oxygen atoms in total. The molecular weight excluding hydrogens is 339 g/mol. The molecule has 0 unspecified atom stereocenters. The van der Waals surface area contributed by atoms with Crippen molar-refractivity contribution in [2.24, 2.45) is 0 Å². The third kappa shape index (κ3) is 3.77. The van der Waals surface area contributed by atoms with Gasteiger partial charge in [0.05, 0.1) is 18.5 Å². The predicted octanol–water partition coefficient (Wildman–Crippen LogP) is 2.35. The van der Waals surface area contributed by atoms with E-state index in [0.717, 1.165) is 4.68 Å². The molecular formula is C16H12F3N3O3. The van der Waals surface area contributed by atoms with Gasteiger partial charge in [0.1, 0.15) is 11.3 Å². The summed E-state index contributed by atoms with van der Waals surface area (Å²) in [6.45, 7) is -0.226. The maximum atomic E-state index is 12.3. The van der Waals surface area contributed by atoms with E-state index in [1.807, 2.05) is 0 Å². The van der Waals surface area contributed by atoms with E-state index in [-0.39, 0.29) is 18.9 Å². The first-order valence-corrected chi connectivity index (χ1v) is 7.22. The summed E-state index contributed by atoms with van der Waals surface area (Å²) >= 11 is 0. The summed E-state index contributed by atoms with van der Waals surface area (Å²) in [5, 5.41) is 16.9. The second kappa shape index (κ2) is 6.52. The third-order valence-corrected chi connectivity index (χ3v) is 3.45. The van der Waals surface area contributed by atoms with Gasteiger partial charge in [0, 0.05) is 0 Å². The lowest BCUT2D eigenvalue weighted by Gasteiger charge is -2.09. The van der Waals surface area contributed by atoms with Crippen LogP contribution >= 0.6 is 0 Å². The Morgan fingerprint density at radius 3 is 2.40 bits per heavy atom. The van der Waals surface area contributed by atoms with Crippen molar-refractivity contribution in [2.75, 3.05) is 6.61 Å². The van der Waals surface area contributed by atoms with Gasteiger partial charge in [-0.2, -0.15) is 0 Å². The third-order valence-electron chi connectivity index (χ3n) is 3.45. The second-order valence-corrected chi connectivity index (χ2v) is 5.15. The van der Waals surface area contributed by atoms with E-state index in [2.05, 4.69) is 15.0 Å². The van der Waals surface area contributed by atoms with Crippen LogP contribution in [-0.2, 0) is 6.54 Å². The van der Waals surface area contributed by atoms with E-state index in [9.17, 15) is 18.0 Å². The molecule has 0 aliphatic carbocycles. The summed E-state index contributed by atoms with van der Waals surface area (Å²) in [4.78, 5) is 12.3. The fourth-order valence-electron chi connectivity index (χ4n) is 2.35. The van der Waals surface area contributed by atoms with Crippen LogP contribution in [0, 0.1) is 0 Å². The van der Waals surface area contributed by atoms with E-state index in [4.69, 9.17) is 5.11 Å². The van der Waals surface area contributed by atoms with Crippen LogP contribution in [0.15, 0.2) is 47.3 Å². The Balaban J connectivity index is 1.98. The molecule has 0 saturated carbocycles. The highest BCUT2D eigenvalue weighted by molar-refractivity contribution is 5.83. The molecule has 0 radical (unpaired) electrons. The summed E-state index contributed by atoms with van der Waals surface area (Å²) in [7, 11) is 0. The minimum atomic E-state index is -4.75. The maximum absolute atomic E-state index is 12.3. The van der Waals surface area contributed by atoms with Gasteiger partial charge < -0.3 is 9.84 Å². The maximum Gasteiger partial charge on any atom is 0.573 e. The van der Waals surface area contributed by atoms with Crippen LogP contribution in [0.4, 0.5) is 13.2 Å². The number of ether oxygens (including phenoxy) is 1. The number of nitrogens with zero attached hydrogens (tertiary/aromatic N) is 3. The molecule has 0 aliphatic rings. The molecule has 1 aromatic heterocycles. The molecule has 0 amide bonds. The van der Waals surface area contributed by atoms with Gasteiger partial charge in [0.2, 0.25) is 0 Å². The number of hydrogen-bond donors (Lipinski definition) is 1. The van der Waals surface area contributed by atoms with Gasteiger partial charge in [-0.3, -0.25) is 4.79 Å². The normalized spacial score (nSPS) is 11.7. The molecule has 1 heterocycles. The molecule has 130 valence electrons. The van der Waals surface area contributed by atoms with Crippen molar-refractivity contribution in [1.82, 2.24) is 15.0 Å². The minimum absolute atomic E-state index is 0.0233. The number of rotatable bonds is 4. The van der Waals surface area contributed by atoms with Crippen LogP contribution in [0.5, 0.6) is 5.75 Å². The monoisotopic (exact) mass is 351 g/mol. The van der Waals surface area contributed by atoms with Crippen LogP contribution in [0.25, 0.3) is 22.0 Å². The molecule has 0 spiro atoms. The summed E-state index contributed by atoms with van der Waals surface area (Å²) < 4.78 is 41.5. The first-order chi connectivity index (χ1) is 11.9. The minimum Gasteiger partial charge on any atom is -0.406 e. The van der Waals surface area contributed by atoms with E-state index < -0.39 is 11.9 Å². The van der Waals surface area contributed by atoms with Crippen molar-refractivity contribution in [3.63, 3.8) is 0 Å². The van der Waals surface area contributed by atoms with Gasteiger partial charge in [-0.25, -0.2) is 4.68 Å². The number of alkyl halides is 3. The summed E-state index contributed by atoms with van der Waals surface area (Å²) in [5.74, 6) is -0.326. The SMILES string of the molecule is O=c1c2cc(-c3ccc(OC(F)(F)F)cc3)ccc2nnn1CCO. The first kappa shape index (κ1) is 16.9. The number of benzene rings is 2. The van der Waals surface area contributed by atoms with Gasteiger partial charge >= 0.3 is 6.36 Å². The van der Waals surface area contributed by atoms with E-state index in [1.165, 1.54) is 24.3 Å². The zero-order valence-electron chi connectivity index (χ0n) is 12.7. The largest absolute Gasteiger partial charge is 0.573 e. The molecule has 0 aliphatic heterocycles. The van der Waals surface area contributed by atoms with Crippen molar-refractivity contribution >= 4 is 10.9 Å². The predicted molar refractivity (Wildman–Crippen MR) is 83.0 cm³/mol.